The van der Waals surface area contributed by atoms with Crippen molar-refractivity contribution in [3.63, 3.8) is 0 Å². The first-order chi connectivity index (χ1) is 11.6. The number of benzene rings is 1. The van der Waals surface area contributed by atoms with E-state index in [2.05, 4.69) is 10.6 Å². The van der Waals surface area contributed by atoms with Crippen LogP contribution in [0, 0.1) is 6.92 Å². The number of anilines is 2. The van der Waals surface area contributed by atoms with Gasteiger partial charge < -0.3 is 15.1 Å². The second kappa shape index (κ2) is 7.14. The number of nitrogens with one attached hydrogen (secondary N) is 2. The molecule has 2 aromatic heterocycles. The highest BCUT2D eigenvalue weighted by atomic mass is 32.1. The second-order valence-electron chi connectivity index (χ2n) is 5.27. The highest BCUT2D eigenvalue weighted by Crippen LogP contribution is 2.21. The van der Waals surface area contributed by atoms with Crippen molar-refractivity contribution in [3.8, 4) is 0 Å². The molecular weight excluding hydrogens is 324 g/mol. The zero-order chi connectivity index (χ0) is 16.9. The number of hydrogen-bond donors (Lipinski definition) is 2. The molecule has 6 heteroatoms. The first-order valence-electron chi connectivity index (χ1n) is 7.39. The van der Waals surface area contributed by atoms with Crippen LogP contribution < -0.4 is 10.6 Å². The minimum Gasteiger partial charge on any atom is -0.459 e. The third kappa shape index (κ3) is 3.91. The summed E-state index contributed by atoms with van der Waals surface area (Å²) >= 11 is 1.56. The van der Waals surface area contributed by atoms with Crippen LogP contribution in [0.4, 0.5) is 11.4 Å². The molecule has 5 nitrogen and oxygen atoms in total. The molecule has 0 aliphatic heterocycles. The normalized spacial score (nSPS) is 10.4. The van der Waals surface area contributed by atoms with Gasteiger partial charge in [0.25, 0.3) is 5.91 Å². The van der Waals surface area contributed by atoms with Crippen molar-refractivity contribution in [1.29, 1.82) is 0 Å². The summed E-state index contributed by atoms with van der Waals surface area (Å²) in [5, 5.41) is 7.60. The van der Waals surface area contributed by atoms with Gasteiger partial charge in [0.05, 0.1) is 12.7 Å². The lowest BCUT2D eigenvalue weighted by Crippen LogP contribution is -2.15. The Morgan fingerprint density at radius 1 is 1.12 bits per heavy atom. The van der Waals surface area contributed by atoms with E-state index in [9.17, 15) is 9.59 Å². The monoisotopic (exact) mass is 340 g/mol. The van der Waals surface area contributed by atoms with Crippen LogP contribution in [0.5, 0.6) is 0 Å². The van der Waals surface area contributed by atoms with Gasteiger partial charge in [-0.05, 0) is 54.3 Å². The van der Waals surface area contributed by atoms with Gasteiger partial charge in [-0.2, -0.15) is 0 Å². The Labute approximate surface area is 143 Å². The fraction of sp³-hybridized carbons (Fsp3) is 0.111. The number of rotatable bonds is 5. The van der Waals surface area contributed by atoms with Crippen molar-refractivity contribution in [2.24, 2.45) is 0 Å². The van der Waals surface area contributed by atoms with E-state index in [1.807, 2.05) is 30.5 Å². The van der Waals surface area contributed by atoms with E-state index in [0.717, 1.165) is 10.4 Å². The van der Waals surface area contributed by atoms with Gasteiger partial charge >= 0.3 is 0 Å². The first kappa shape index (κ1) is 16.0. The second-order valence-corrected chi connectivity index (χ2v) is 6.30. The molecule has 0 atom stereocenters. The number of furan rings is 1. The van der Waals surface area contributed by atoms with Crippen molar-refractivity contribution in [1.82, 2.24) is 0 Å². The Morgan fingerprint density at radius 3 is 2.67 bits per heavy atom. The van der Waals surface area contributed by atoms with Crippen LogP contribution >= 0.6 is 11.3 Å². The maximum absolute atomic E-state index is 12.0. The summed E-state index contributed by atoms with van der Waals surface area (Å²) in [6.07, 6.45) is 1.81. The van der Waals surface area contributed by atoms with Crippen LogP contribution in [0.1, 0.15) is 21.0 Å². The Balaban J connectivity index is 1.64. The van der Waals surface area contributed by atoms with Crippen molar-refractivity contribution in [2.75, 3.05) is 10.6 Å². The molecule has 0 aliphatic rings. The Morgan fingerprint density at radius 2 is 2.00 bits per heavy atom. The highest BCUT2D eigenvalue weighted by Gasteiger charge is 2.11. The van der Waals surface area contributed by atoms with Gasteiger partial charge in [-0.15, -0.1) is 11.3 Å². The molecule has 0 aliphatic carbocycles. The Kier molecular flexibility index (Phi) is 4.77. The van der Waals surface area contributed by atoms with Gasteiger partial charge in [0, 0.05) is 16.3 Å². The lowest BCUT2D eigenvalue weighted by atomic mass is 10.1. The first-order valence-corrected chi connectivity index (χ1v) is 8.27. The SMILES string of the molecule is Cc1cc(NC(=O)Cc2cccs2)ccc1NC(=O)c1ccco1. The minimum atomic E-state index is -0.308. The summed E-state index contributed by atoms with van der Waals surface area (Å²) in [5.41, 5.74) is 2.22. The van der Waals surface area contributed by atoms with E-state index in [1.165, 1.54) is 6.26 Å². The number of carbonyl (C=O) groups is 2. The molecule has 0 spiro atoms. The van der Waals surface area contributed by atoms with E-state index in [1.54, 1.807) is 35.6 Å². The average molecular weight is 340 g/mol. The predicted molar refractivity (Wildman–Crippen MR) is 94.5 cm³/mol. The predicted octanol–water partition coefficient (Wildman–Crippen LogP) is 4.08. The zero-order valence-corrected chi connectivity index (χ0v) is 13.9. The van der Waals surface area contributed by atoms with Gasteiger partial charge in [-0.1, -0.05) is 6.07 Å². The Bertz CT molecular complexity index is 839. The van der Waals surface area contributed by atoms with E-state index in [-0.39, 0.29) is 17.6 Å². The molecule has 2 N–H and O–H groups in total. The topological polar surface area (TPSA) is 71.3 Å². The van der Waals surface area contributed by atoms with Crippen molar-refractivity contribution < 1.29 is 14.0 Å². The lowest BCUT2D eigenvalue weighted by molar-refractivity contribution is -0.115. The van der Waals surface area contributed by atoms with Crippen LogP contribution in [-0.4, -0.2) is 11.8 Å². The molecule has 2 heterocycles. The largest absolute Gasteiger partial charge is 0.459 e. The Hall–Kier alpha value is -2.86. The van der Waals surface area contributed by atoms with E-state index >= 15 is 0 Å². The molecule has 2 amide bonds. The molecule has 0 unspecified atom stereocenters. The van der Waals surface area contributed by atoms with E-state index in [0.29, 0.717) is 17.8 Å². The average Bonchev–Trinajstić information content (AvgIpc) is 3.23. The van der Waals surface area contributed by atoms with Crippen LogP contribution in [-0.2, 0) is 11.2 Å². The summed E-state index contributed by atoms with van der Waals surface area (Å²) in [5.74, 6) is -0.121. The maximum atomic E-state index is 12.0. The van der Waals surface area contributed by atoms with Crippen LogP contribution in [0.2, 0.25) is 0 Å². The fourth-order valence-electron chi connectivity index (χ4n) is 2.25. The molecule has 122 valence electrons. The number of amides is 2. The summed E-state index contributed by atoms with van der Waals surface area (Å²) in [7, 11) is 0. The molecule has 0 radical (unpaired) electrons. The number of aryl methyl sites for hydroxylation is 1. The van der Waals surface area contributed by atoms with Crippen molar-refractivity contribution in [3.05, 3.63) is 70.3 Å². The highest BCUT2D eigenvalue weighted by molar-refractivity contribution is 7.10. The molecule has 3 aromatic rings. The lowest BCUT2D eigenvalue weighted by Gasteiger charge is -2.10. The third-order valence-corrected chi connectivity index (χ3v) is 4.29. The van der Waals surface area contributed by atoms with Gasteiger partial charge in [0.2, 0.25) is 5.91 Å². The summed E-state index contributed by atoms with van der Waals surface area (Å²) < 4.78 is 5.07. The van der Waals surface area contributed by atoms with Crippen molar-refractivity contribution >= 4 is 34.5 Å². The quantitative estimate of drug-likeness (QED) is 0.735. The minimum absolute atomic E-state index is 0.0655. The molecule has 0 saturated carbocycles. The van der Waals surface area contributed by atoms with Crippen LogP contribution in [0.25, 0.3) is 0 Å². The maximum Gasteiger partial charge on any atom is 0.291 e. The standard InChI is InChI=1S/C18H16N2O3S/c1-12-10-13(19-17(21)11-14-4-3-9-24-14)6-7-15(12)20-18(22)16-5-2-8-23-16/h2-10H,11H2,1H3,(H,19,21)(H,20,22). The number of thiophene rings is 1. The molecule has 3 rings (SSSR count). The summed E-state index contributed by atoms with van der Waals surface area (Å²) in [6, 6.07) is 12.5. The molecule has 1 aromatic carbocycles. The van der Waals surface area contributed by atoms with E-state index < -0.39 is 0 Å². The molecule has 0 saturated heterocycles. The van der Waals surface area contributed by atoms with Gasteiger partial charge in [0.1, 0.15) is 0 Å². The molecular formula is C18H16N2O3S. The number of hydrogen-bond acceptors (Lipinski definition) is 4. The molecule has 0 fully saturated rings. The smallest absolute Gasteiger partial charge is 0.291 e. The van der Waals surface area contributed by atoms with Crippen LogP contribution in [0.15, 0.2) is 58.5 Å². The fourth-order valence-corrected chi connectivity index (χ4v) is 2.95. The third-order valence-electron chi connectivity index (χ3n) is 3.42. The van der Waals surface area contributed by atoms with Crippen molar-refractivity contribution in [2.45, 2.75) is 13.3 Å². The van der Waals surface area contributed by atoms with Gasteiger partial charge in [-0.25, -0.2) is 0 Å². The van der Waals surface area contributed by atoms with E-state index in [4.69, 9.17) is 4.42 Å². The molecule has 24 heavy (non-hydrogen) atoms. The zero-order valence-electron chi connectivity index (χ0n) is 13.0. The van der Waals surface area contributed by atoms with Gasteiger partial charge in [-0.3, -0.25) is 9.59 Å². The van der Waals surface area contributed by atoms with Gasteiger partial charge in [0.15, 0.2) is 5.76 Å². The summed E-state index contributed by atoms with van der Waals surface area (Å²) in [4.78, 5) is 25.0. The molecule has 0 bridgehead atoms. The summed E-state index contributed by atoms with van der Waals surface area (Å²) in [6.45, 7) is 1.87. The van der Waals surface area contributed by atoms with Crippen LogP contribution in [0.3, 0.4) is 0 Å². The number of carbonyl (C=O) groups excluding carboxylic acids is 2.